The summed E-state index contributed by atoms with van der Waals surface area (Å²) in [7, 11) is 0. The summed E-state index contributed by atoms with van der Waals surface area (Å²) < 4.78 is 0. The van der Waals surface area contributed by atoms with Crippen molar-refractivity contribution in [3.63, 3.8) is 0 Å². The summed E-state index contributed by atoms with van der Waals surface area (Å²) in [6.07, 6.45) is 1.08. The van der Waals surface area contributed by atoms with Gasteiger partial charge in [0.2, 0.25) is 11.6 Å². The third-order valence-corrected chi connectivity index (χ3v) is 6.50. The lowest BCUT2D eigenvalue weighted by atomic mass is 9.91. The van der Waals surface area contributed by atoms with Gasteiger partial charge in [0, 0.05) is 34.1 Å². The SMILES string of the molecule is O=C(CCN1C(=O)c2ccccc2C1=O)NN1C=Nc2ccc(Cl)cc2C1(O)c1ccccc1Cl. The molecule has 2 N–H and O–H groups in total. The predicted octanol–water partition coefficient (Wildman–Crippen LogP) is 3.88. The summed E-state index contributed by atoms with van der Waals surface area (Å²) >= 11 is 12.6. The third kappa shape index (κ3) is 3.85. The van der Waals surface area contributed by atoms with Crippen LogP contribution in [-0.2, 0) is 10.5 Å². The molecule has 0 aliphatic carbocycles. The van der Waals surface area contributed by atoms with E-state index in [1.54, 1.807) is 66.7 Å². The van der Waals surface area contributed by atoms with Crippen molar-refractivity contribution in [1.82, 2.24) is 15.3 Å². The normalized spacial score (nSPS) is 18.5. The minimum Gasteiger partial charge on any atom is -0.362 e. The molecule has 10 heteroatoms. The molecule has 5 rings (SSSR count). The lowest BCUT2D eigenvalue weighted by Gasteiger charge is -2.42. The Morgan fingerprint density at radius 1 is 0.943 bits per heavy atom. The van der Waals surface area contributed by atoms with Crippen molar-refractivity contribution < 1.29 is 19.5 Å². The number of imide groups is 1. The third-order valence-electron chi connectivity index (χ3n) is 5.93. The van der Waals surface area contributed by atoms with Crippen molar-refractivity contribution in [1.29, 1.82) is 0 Å². The number of rotatable bonds is 5. The summed E-state index contributed by atoms with van der Waals surface area (Å²) in [6.45, 7) is -0.129. The van der Waals surface area contributed by atoms with Crippen LogP contribution >= 0.6 is 23.2 Å². The molecule has 2 aliphatic rings. The quantitative estimate of drug-likeness (QED) is 0.509. The van der Waals surface area contributed by atoms with Crippen molar-refractivity contribution >= 4 is 52.9 Å². The van der Waals surface area contributed by atoms with Gasteiger partial charge in [0.25, 0.3) is 11.8 Å². The molecule has 0 radical (unpaired) electrons. The van der Waals surface area contributed by atoms with Gasteiger partial charge in [-0.15, -0.1) is 0 Å². The molecular formula is C25H18Cl2N4O4. The van der Waals surface area contributed by atoms with E-state index < -0.39 is 23.4 Å². The minimum atomic E-state index is -1.93. The summed E-state index contributed by atoms with van der Waals surface area (Å²) in [4.78, 5) is 43.4. The molecule has 2 heterocycles. The molecule has 1 unspecified atom stereocenters. The van der Waals surface area contributed by atoms with Gasteiger partial charge in [-0.25, -0.2) is 10.0 Å². The van der Waals surface area contributed by atoms with Crippen molar-refractivity contribution in [2.24, 2.45) is 4.99 Å². The number of fused-ring (bicyclic) bond motifs is 2. The standard InChI is InChI=1S/C25H18Cl2N4O4/c26-15-9-10-21-19(13-15)25(35,18-7-3-4-8-20(18)27)31(14-28-21)29-22(32)11-12-30-23(33)16-5-1-2-6-17(16)24(30)34/h1-10,13-14,35H,11-12H2,(H,29,32). The number of benzene rings is 3. The lowest BCUT2D eigenvalue weighted by Crippen LogP contribution is -2.57. The molecule has 0 saturated carbocycles. The van der Waals surface area contributed by atoms with E-state index in [0.29, 0.717) is 33.0 Å². The summed E-state index contributed by atoms with van der Waals surface area (Å²) in [5, 5.41) is 13.7. The Kier molecular flexibility index (Phi) is 5.80. The van der Waals surface area contributed by atoms with Crippen molar-refractivity contribution in [3.05, 3.63) is 99.0 Å². The molecule has 8 nitrogen and oxygen atoms in total. The second kappa shape index (κ2) is 8.81. The predicted molar refractivity (Wildman–Crippen MR) is 130 cm³/mol. The number of amides is 3. The van der Waals surface area contributed by atoms with Gasteiger partial charge in [-0.2, -0.15) is 0 Å². The molecule has 0 bridgehead atoms. The van der Waals surface area contributed by atoms with E-state index >= 15 is 0 Å². The first kappa shape index (κ1) is 23.0. The highest BCUT2D eigenvalue weighted by Gasteiger charge is 2.44. The fourth-order valence-electron chi connectivity index (χ4n) is 4.21. The van der Waals surface area contributed by atoms with Crippen LogP contribution in [0.5, 0.6) is 0 Å². The molecule has 3 aromatic rings. The maximum atomic E-state index is 12.9. The number of nitrogens with one attached hydrogen (secondary N) is 1. The number of nitrogens with zero attached hydrogens (tertiary/aromatic N) is 3. The zero-order valence-corrected chi connectivity index (χ0v) is 19.6. The molecule has 0 aromatic heterocycles. The number of hydrogen-bond donors (Lipinski definition) is 2. The van der Waals surface area contributed by atoms with E-state index in [0.717, 1.165) is 9.91 Å². The average molecular weight is 509 g/mol. The topological polar surface area (TPSA) is 102 Å². The molecule has 35 heavy (non-hydrogen) atoms. The van der Waals surface area contributed by atoms with E-state index in [4.69, 9.17) is 23.2 Å². The highest BCUT2D eigenvalue weighted by Crippen LogP contribution is 2.43. The smallest absolute Gasteiger partial charge is 0.261 e. The summed E-state index contributed by atoms with van der Waals surface area (Å²) in [6, 6.07) is 18.0. The van der Waals surface area contributed by atoms with Crippen molar-refractivity contribution in [3.8, 4) is 0 Å². The number of carbonyl (C=O) groups excluding carboxylic acids is 3. The molecule has 3 amide bonds. The molecule has 3 aromatic carbocycles. The van der Waals surface area contributed by atoms with Gasteiger partial charge in [-0.1, -0.05) is 53.5 Å². The molecule has 0 fully saturated rings. The van der Waals surface area contributed by atoms with Gasteiger partial charge >= 0.3 is 0 Å². The Bertz CT molecular complexity index is 1370. The first-order valence-electron chi connectivity index (χ1n) is 10.7. The number of carbonyl (C=O) groups is 3. The van der Waals surface area contributed by atoms with E-state index in [1.807, 2.05) is 0 Å². The van der Waals surface area contributed by atoms with Crippen LogP contribution in [0.3, 0.4) is 0 Å². The van der Waals surface area contributed by atoms with Crippen LogP contribution in [0.1, 0.15) is 38.3 Å². The first-order chi connectivity index (χ1) is 16.8. The molecule has 2 aliphatic heterocycles. The minimum absolute atomic E-state index is 0.129. The van der Waals surface area contributed by atoms with Crippen LogP contribution in [0.15, 0.2) is 71.7 Å². The molecular weight excluding hydrogens is 491 g/mol. The molecule has 0 spiro atoms. The highest BCUT2D eigenvalue weighted by molar-refractivity contribution is 6.31. The van der Waals surface area contributed by atoms with Crippen LogP contribution in [-0.4, -0.2) is 45.6 Å². The van der Waals surface area contributed by atoms with Gasteiger partial charge in [-0.3, -0.25) is 24.7 Å². The maximum Gasteiger partial charge on any atom is 0.261 e. The van der Waals surface area contributed by atoms with Crippen LogP contribution < -0.4 is 5.43 Å². The van der Waals surface area contributed by atoms with Crippen LogP contribution in [0.2, 0.25) is 10.0 Å². The number of aliphatic imine (C=N–C) groups is 1. The van der Waals surface area contributed by atoms with Gasteiger partial charge in [0.1, 0.15) is 6.34 Å². The average Bonchev–Trinajstić information content (AvgIpc) is 3.10. The highest BCUT2D eigenvalue weighted by atomic mass is 35.5. The Labute approximate surface area is 210 Å². The number of aliphatic hydroxyl groups is 1. The molecule has 176 valence electrons. The zero-order valence-electron chi connectivity index (χ0n) is 18.1. The molecule has 1 atom stereocenters. The van der Waals surface area contributed by atoms with E-state index in [-0.39, 0.29) is 18.0 Å². The zero-order chi connectivity index (χ0) is 24.7. The monoisotopic (exact) mass is 508 g/mol. The first-order valence-corrected chi connectivity index (χ1v) is 11.4. The fourth-order valence-corrected chi connectivity index (χ4v) is 4.65. The Hall–Kier alpha value is -3.72. The van der Waals surface area contributed by atoms with Crippen LogP contribution in [0.25, 0.3) is 0 Å². The molecule has 0 saturated heterocycles. The number of hydrogen-bond acceptors (Lipinski definition) is 6. The van der Waals surface area contributed by atoms with Crippen molar-refractivity contribution in [2.75, 3.05) is 6.54 Å². The summed E-state index contributed by atoms with van der Waals surface area (Å²) in [5.74, 6) is -1.45. The second-order valence-corrected chi connectivity index (χ2v) is 8.86. The largest absolute Gasteiger partial charge is 0.362 e. The van der Waals surface area contributed by atoms with E-state index in [2.05, 4.69) is 10.4 Å². The number of halogens is 2. The van der Waals surface area contributed by atoms with Gasteiger partial charge in [0.15, 0.2) is 0 Å². The van der Waals surface area contributed by atoms with Crippen LogP contribution in [0.4, 0.5) is 5.69 Å². The van der Waals surface area contributed by atoms with E-state index in [9.17, 15) is 19.5 Å². The lowest BCUT2D eigenvalue weighted by molar-refractivity contribution is -0.133. The van der Waals surface area contributed by atoms with Gasteiger partial charge < -0.3 is 5.11 Å². The van der Waals surface area contributed by atoms with Crippen LogP contribution in [0, 0.1) is 0 Å². The van der Waals surface area contributed by atoms with Crippen molar-refractivity contribution in [2.45, 2.75) is 12.1 Å². The summed E-state index contributed by atoms with van der Waals surface area (Å²) in [5.41, 5.74) is 2.38. The Morgan fingerprint density at radius 2 is 1.60 bits per heavy atom. The van der Waals surface area contributed by atoms with Gasteiger partial charge in [-0.05, 0) is 36.4 Å². The maximum absolute atomic E-state index is 12.9. The Balaban J connectivity index is 1.39. The number of hydrazine groups is 1. The fraction of sp³-hybridized carbons (Fsp3) is 0.120. The van der Waals surface area contributed by atoms with Gasteiger partial charge in [0.05, 0.1) is 16.8 Å². The van der Waals surface area contributed by atoms with E-state index in [1.165, 1.54) is 6.34 Å². The second-order valence-electron chi connectivity index (χ2n) is 8.02. The Morgan fingerprint density at radius 3 is 2.29 bits per heavy atom.